The monoisotopic (exact) mass is 247 g/mol. The van der Waals surface area contributed by atoms with Crippen LogP contribution in [0.3, 0.4) is 0 Å². The number of hydrogen-bond donors (Lipinski definition) is 2. The van der Waals surface area contributed by atoms with Gasteiger partial charge in [-0.2, -0.15) is 0 Å². The topological polar surface area (TPSA) is 41.5 Å². The van der Waals surface area contributed by atoms with Crippen LogP contribution in [-0.4, -0.2) is 30.5 Å². The molecule has 0 bridgehead atoms. The summed E-state index contributed by atoms with van der Waals surface area (Å²) < 4.78 is 5.36. The zero-order valence-corrected chi connectivity index (χ0v) is 10.6. The Hall–Kier alpha value is -1.06. The van der Waals surface area contributed by atoms with Gasteiger partial charge in [-0.05, 0) is 43.2 Å². The summed E-state index contributed by atoms with van der Waals surface area (Å²) in [6.45, 7) is 1.59. The molecule has 2 atom stereocenters. The van der Waals surface area contributed by atoms with E-state index in [2.05, 4.69) is 29.6 Å². The number of rotatable bonds is 2. The Morgan fingerprint density at radius 2 is 1.94 bits per heavy atom. The van der Waals surface area contributed by atoms with Crippen LogP contribution in [0.5, 0.6) is 0 Å². The average molecular weight is 247 g/mol. The zero-order valence-electron chi connectivity index (χ0n) is 10.6. The highest BCUT2D eigenvalue weighted by Gasteiger charge is 2.31. The van der Waals surface area contributed by atoms with Crippen molar-refractivity contribution < 1.29 is 9.84 Å². The molecular weight excluding hydrogens is 226 g/mol. The zero-order chi connectivity index (χ0) is 12.4. The first-order valence-electron chi connectivity index (χ1n) is 6.95. The van der Waals surface area contributed by atoms with Crippen molar-refractivity contribution in [2.24, 2.45) is 5.92 Å². The number of para-hydroxylation sites is 1. The highest BCUT2D eigenvalue weighted by Crippen LogP contribution is 2.30. The first-order chi connectivity index (χ1) is 8.84. The largest absolute Gasteiger partial charge is 0.391 e. The van der Waals surface area contributed by atoms with E-state index < -0.39 is 0 Å². The summed E-state index contributed by atoms with van der Waals surface area (Å²) in [6.07, 6.45) is 3.81. The van der Waals surface area contributed by atoms with Crippen LogP contribution < -0.4 is 5.32 Å². The third-order valence-electron chi connectivity index (χ3n) is 4.24. The average Bonchev–Trinajstić information content (AvgIpc) is 2.47. The van der Waals surface area contributed by atoms with E-state index in [1.807, 2.05) is 0 Å². The highest BCUT2D eigenvalue weighted by molar-refractivity contribution is 5.53. The van der Waals surface area contributed by atoms with Crippen LogP contribution in [0, 0.1) is 5.92 Å². The van der Waals surface area contributed by atoms with Crippen molar-refractivity contribution in [1.29, 1.82) is 0 Å². The van der Waals surface area contributed by atoms with E-state index >= 15 is 0 Å². The highest BCUT2D eigenvalue weighted by atomic mass is 16.5. The van der Waals surface area contributed by atoms with Crippen LogP contribution in [0.2, 0.25) is 0 Å². The Balaban J connectivity index is 1.67. The van der Waals surface area contributed by atoms with E-state index in [1.165, 1.54) is 11.3 Å². The number of aryl methyl sites for hydroxylation is 1. The maximum atomic E-state index is 10.5. The van der Waals surface area contributed by atoms with E-state index in [0.717, 1.165) is 38.9 Å². The molecular formula is C15H21NO2. The first kappa shape index (κ1) is 12.0. The van der Waals surface area contributed by atoms with Gasteiger partial charge in [-0.15, -0.1) is 0 Å². The molecule has 1 aromatic carbocycles. The molecule has 0 amide bonds. The molecule has 1 saturated heterocycles. The summed E-state index contributed by atoms with van der Waals surface area (Å²) in [7, 11) is 0. The van der Waals surface area contributed by atoms with Gasteiger partial charge in [0.1, 0.15) is 0 Å². The molecule has 2 heterocycles. The maximum Gasteiger partial charge on any atom is 0.0771 e. The van der Waals surface area contributed by atoms with Gasteiger partial charge in [-0.25, -0.2) is 0 Å². The molecule has 2 unspecified atom stereocenters. The van der Waals surface area contributed by atoms with E-state index in [4.69, 9.17) is 4.74 Å². The van der Waals surface area contributed by atoms with Crippen LogP contribution >= 0.6 is 0 Å². The summed E-state index contributed by atoms with van der Waals surface area (Å²) in [6, 6.07) is 8.60. The number of ether oxygens (including phenoxy) is 1. The van der Waals surface area contributed by atoms with Gasteiger partial charge >= 0.3 is 0 Å². The molecule has 0 aromatic heterocycles. The number of aliphatic hydroxyl groups excluding tert-OH is 1. The lowest BCUT2D eigenvalue weighted by molar-refractivity contribution is -0.000528. The standard InChI is InChI=1S/C15H21NO2/c17-15(12-7-9-18-10-8-12)14-6-5-11-3-1-2-4-13(11)16-14/h1-4,12,14-17H,5-10H2. The number of fused-ring (bicyclic) bond motifs is 1. The van der Waals surface area contributed by atoms with E-state index in [1.54, 1.807) is 0 Å². The number of aliphatic hydroxyl groups is 1. The van der Waals surface area contributed by atoms with Crippen molar-refractivity contribution >= 4 is 5.69 Å². The van der Waals surface area contributed by atoms with Gasteiger partial charge < -0.3 is 15.2 Å². The smallest absolute Gasteiger partial charge is 0.0771 e. The summed E-state index contributed by atoms with van der Waals surface area (Å²) in [5, 5.41) is 14.0. The lowest BCUT2D eigenvalue weighted by Crippen LogP contribution is -2.43. The minimum Gasteiger partial charge on any atom is -0.391 e. The Labute approximate surface area is 108 Å². The number of anilines is 1. The van der Waals surface area contributed by atoms with Crippen molar-refractivity contribution in [3.8, 4) is 0 Å². The fourth-order valence-electron chi connectivity index (χ4n) is 3.10. The molecule has 2 aliphatic rings. The van der Waals surface area contributed by atoms with Gasteiger partial charge in [0, 0.05) is 18.9 Å². The van der Waals surface area contributed by atoms with Crippen molar-refractivity contribution in [2.45, 2.75) is 37.8 Å². The number of hydrogen-bond acceptors (Lipinski definition) is 3. The van der Waals surface area contributed by atoms with Crippen molar-refractivity contribution in [2.75, 3.05) is 18.5 Å². The van der Waals surface area contributed by atoms with E-state index in [9.17, 15) is 5.11 Å². The van der Waals surface area contributed by atoms with Gasteiger partial charge in [0.05, 0.1) is 12.1 Å². The molecule has 98 valence electrons. The molecule has 1 aromatic rings. The fraction of sp³-hybridized carbons (Fsp3) is 0.600. The summed E-state index contributed by atoms with van der Waals surface area (Å²) in [5.41, 5.74) is 2.56. The predicted molar refractivity (Wildman–Crippen MR) is 71.7 cm³/mol. The Bertz CT molecular complexity index is 401. The normalized spacial score (nSPS) is 26.2. The predicted octanol–water partition coefficient (Wildman–Crippen LogP) is 2.20. The van der Waals surface area contributed by atoms with E-state index in [-0.39, 0.29) is 12.1 Å². The SMILES string of the molecule is OC(C1CCOCC1)C1CCc2ccccc2N1. The van der Waals surface area contributed by atoms with Crippen LogP contribution in [-0.2, 0) is 11.2 Å². The van der Waals surface area contributed by atoms with Crippen molar-refractivity contribution in [3.63, 3.8) is 0 Å². The van der Waals surface area contributed by atoms with E-state index in [0.29, 0.717) is 5.92 Å². The number of nitrogens with one attached hydrogen (secondary N) is 1. The lowest BCUT2D eigenvalue weighted by Gasteiger charge is -2.36. The van der Waals surface area contributed by atoms with Crippen LogP contribution in [0.1, 0.15) is 24.8 Å². The van der Waals surface area contributed by atoms with Gasteiger partial charge in [0.25, 0.3) is 0 Å². The Morgan fingerprint density at radius 3 is 2.78 bits per heavy atom. The second-order valence-corrected chi connectivity index (χ2v) is 5.39. The third kappa shape index (κ3) is 2.38. The molecule has 0 radical (unpaired) electrons. The van der Waals surface area contributed by atoms with Crippen molar-refractivity contribution in [1.82, 2.24) is 0 Å². The third-order valence-corrected chi connectivity index (χ3v) is 4.24. The van der Waals surface area contributed by atoms with Crippen LogP contribution in [0.4, 0.5) is 5.69 Å². The Kier molecular flexibility index (Phi) is 3.52. The molecule has 0 aliphatic carbocycles. The summed E-state index contributed by atoms with van der Waals surface area (Å²) >= 11 is 0. The minimum atomic E-state index is -0.248. The van der Waals surface area contributed by atoms with Gasteiger partial charge in [-0.1, -0.05) is 18.2 Å². The first-order valence-corrected chi connectivity index (χ1v) is 6.95. The molecule has 1 fully saturated rings. The molecule has 2 aliphatic heterocycles. The van der Waals surface area contributed by atoms with Crippen LogP contribution in [0.15, 0.2) is 24.3 Å². The fourth-order valence-corrected chi connectivity index (χ4v) is 3.10. The van der Waals surface area contributed by atoms with Gasteiger partial charge in [-0.3, -0.25) is 0 Å². The second kappa shape index (κ2) is 5.29. The summed E-state index contributed by atoms with van der Waals surface area (Å²) in [4.78, 5) is 0. The summed E-state index contributed by atoms with van der Waals surface area (Å²) in [5.74, 6) is 0.390. The van der Waals surface area contributed by atoms with Gasteiger partial charge in [0.15, 0.2) is 0 Å². The molecule has 0 saturated carbocycles. The van der Waals surface area contributed by atoms with Crippen molar-refractivity contribution in [3.05, 3.63) is 29.8 Å². The van der Waals surface area contributed by atoms with Gasteiger partial charge in [0.2, 0.25) is 0 Å². The molecule has 3 nitrogen and oxygen atoms in total. The molecule has 2 N–H and O–H groups in total. The second-order valence-electron chi connectivity index (χ2n) is 5.39. The quantitative estimate of drug-likeness (QED) is 0.842. The lowest BCUT2D eigenvalue weighted by atomic mass is 9.85. The van der Waals surface area contributed by atoms with Crippen LogP contribution in [0.25, 0.3) is 0 Å². The molecule has 18 heavy (non-hydrogen) atoms. The Morgan fingerprint density at radius 1 is 1.17 bits per heavy atom. The maximum absolute atomic E-state index is 10.5. The molecule has 3 heteroatoms. The number of benzene rings is 1. The molecule has 3 rings (SSSR count). The minimum absolute atomic E-state index is 0.197. The molecule has 0 spiro atoms.